The molecule has 0 heterocycles. The summed E-state index contributed by atoms with van der Waals surface area (Å²) in [5.74, 6) is 0.915. The molecule has 2 nitrogen and oxygen atoms in total. The summed E-state index contributed by atoms with van der Waals surface area (Å²) < 4.78 is 0. The zero-order chi connectivity index (χ0) is 15.1. The van der Waals surface area contributed by atoms with Crippen LogP contribution in [0.4, 0.5) is 0 Å². The van der Waals surface area contributed by atoms with Crippen LogP contribution in [0.15, 0.2) is 58.4 Å². The minimum Gasteiger partial charge on any atom is -0.294 e. The van der Waals surface area contributed by atoms with Crippen molar-refractivity contribution in [3.63, 3.8) is 0 Å². The highest BCUT2D eigenvalue weighted by Crippen LogP contribution is 2.25. The molecule has 0 aliphatic heterocycles. The van der Waals surface area contributed by atoms with Crippen molar-refractivity contribution in [2.45, 2.75) is 23.6 Å². The number of thioether (sulfide) groups is 2. The number of rotatable bonds is 8. The van der Waals surface area contributed by atoms with Gasteiger partial charge in [0.15, 0.2) is 11.6 Å². The molecule has 0 fully saturated rings. The molecule has 0 N–H and O–H groups in total. The van der Waals surface area contributed by atoms with Gasteiger partial charge >= 0.3 is 0 Å². The molecule has 0 aliphatic carbocycles. The Hall–Kier alpha value is -1.26. The summed E-state index contributed by atoms with van der Waals surface area (Å²) in [5.41, 5.74) is 1.16. The van der Waals surface area contributed by atoms with Crippen molar-refractivity contribution >= 4 is 35.1 Å². The van der Waals surface area contributed by atoms with E-state index in [1.807, 2.05) is 24.3 Å². The van der Waals surface area contributed by atoms with Crippen LogP contribution in [0.1, 0.15) is 13.8 Å². The van der Waals surface area contributed by atoms with E-state index < -0.39 is 0 Å². The molecule has 0 saturated heterocycles. The first-order valence-electron chi connectivity index (χ1n) is 6.13. The van der Waals surface area contributed by atoms with Crippen molar-refractivity contribution < 1.29 is 9.59 Å². The average Bonchev–Trinajstić information content (AvgIpc) is 2.42. The molecule has 1 aromatic rings. The molecule has 1 rings (SSSR count). The highest BCUT2D eigenvalue weighted by Gasteiger charge is 2.06. The maximum Gasteiger partial charge on any atom is 0.168 e. The Morgan fingerprint density at radius 2 is 1.35 bits per heavy atom. The lowest BCUT2D eigenvalue weighted by atomic mass is 10.2. The van der Waals surface area contributed by atoms with Crippen LogP contribution < -0.4 is 0 Å². The fourth-order valence-corrected chi connectivity index (χ4v) is 3.13. The molecule has 0 atom stereocenters. The second kappa shape index (κ2) is 8.12. The molecular formula is C16H18O2S2. The number of hydrogen-bond acceptors (Lipinski definition) is 4. The van der Waals surface area contributed by atoms with Crippen LogP contribution in [0.5, 0.6) is 0 Å². The van der Waals surface area contributed by atoms with Crippen LogP contribution in [-0.4, -0.2) is 23.1 Å². The highest BCUT2D eigenvalue weighted by molar-refractivity contribution is 8.00. The van der Waals surface area contributed by atoms with E-state index in [1.165, 1.54) is 23.5 Å². The second-order valence-electron chi connectivity index (χ2n) is 4.46. The molecule has 0 saturated carbocycles. The first kappa shape index (κ1) is 16.8. The summed E-state index contributed by atoms with van der Waals surface area (Å²) in [6.45, 7) is 10.7. The van der Waals surface area contributed by atoms with E-state index in [2.05, 4.69) is 13.2 Å². The van der Waals surface area contributed by atoms with Crippen LogP contribution >= 0.6 is 23.5 Å². The number of Topliss-reactive ketones (excluding diaryl/α,β-unsaturated/α-hetero) is 2. The topological polar surface area (TPSA) is 34.1 Å². The Balaban J connectivity index is 2.57. The second-order valence-corrected chi connectivity index (χ2v) is 6.56. The minimum atomic E-state index is 0.0607. The van der Waals surface area contributed by atoms with Gasteiger partial charge in [0.05, 0.1) is 11.5 Å². The van der Waals surface area contributed by atoms with Crippen LogP contribution in [-0.2, 0) is 9.59 Å². The number of benzene rings is 1. The summed E-state index contributed by atoms with van der Waals surface area (Å²) in [5, 5.41) is 0. The summed E-state index contributed by atoms with van der Waals surface area (Å²) in [6, 6.07) is 7.84. The summed E-state index contributed by atoms with van der Waals surface area (Å²) >= 11 is 2.97. The molecule has 0 unspecified atom stereocenters. The molecular weight excluding hydrogens is 288 g/mol. The fourth-order valence-electron chi connectivity index (χ4n) is 1.20. The Kier molecular flexibility index (Phi) is 6.82. The van der Waals surface area contributed by atoms with E-state index in [1.54, 1.807) is 13.8 Å². The van der Waals surface area contributed by atoms with Crippen molar-refractivity contribution in [1.82, 2.24) is 0 Å². The Morgan fingerprint density at radius 1 is 0.950 bits per heavy atom. The van der Waals surface area contributed by atoms with Gasteiger partial charge in [-0.25, -0.2) is 0 Å². The smallest absolute Gasteiger partial charge is 0.168 e. The molecule has 0 spiro atoms. The first-order chi connectivity index (χ1) is 9.40. The first-order valence-corrected chi connectivity index (χ1v) is 8.10. The van der Waals surface area contributed by atoms with Gasteiger partial charge in [0, 0.05) is 9.79 Å². The lowest BCUT2D eigenvalue weighted by molar-refractivity contribution is -0.113. The third-order valence-electron chi connectivity index (χ3n) is 2.50. The number of hydrogen-bond donors (Lipinski definition) is 0. The van der Waals surface area contributed by atoms with Crippen molar-refractivity contribution in [3.8, 4) is 0 Å². The van der Waals surface area contributed by atoms with Gasteiger partial charge in [-0.2, -0.15) is 0 Å². The molecule has 0 radical (unpaired) electrons. The van der Waals surface area contributed by atoms with Gasteiger partial charge < -0.3 is 0 Å². The van der Waals surface area contributed by atoms with Crippen molar-refractivity contribution in [2.24, 2.45) is 0 Å². The van der Waals surface area contributed by atoms with Crippen LogP contribution in [0, 0.1) is 0 Å². The predicted octanol–water partition coefficient (Wildman–Crippen LogP) is 4.16. The van der Waals surface area contributed by atoms with Crippen LogP contribution in [0.2, 0.25) is 0 Å². The Bertz CT molecular complexity index is 502. The van der Waals surface area contributed by atoms with Gasteiger partial charge in [-0.1, -0.05) is 19.2 Å². The number of carbonyl (C=O) groups is 2. The zero-order valence-electron chi connectivity index (χ0n) is 11.8. The standard InChI is InChI=1S/C16H18O2S2/c1-11(2)15(17)9-19-13-6-5-7-14(8-13)20-10-16(18)12(3)4/h5-8H,1,3,9-10H2,2,4H3. The van der Waals surface area contributed by atoms with Gasteiger partial charge in [-0.05, 0) is 43.2 Å². The van der Waals surface area contributed by atoms with Crippen molar-refractivity contribution in [2.75, 3.05) is 11.5 Å². The number of ketones is 2. The minimum absolute atomic E-state index is 0.0607. The maximum atomic E-state index is 11.5. The van der Waals surface area contributed by atoms with Crippen molar-refractivity contribution in [1.29, 1.82) is 0 Å². The third kappa shape index (κ3) is 5.80. The average molecular weight is 306 g/mol. The van der Waals surface area contributed by atoms with E-state index in [0.29, 0.717) is 22.7 Å². The predicted molar refractivity (Wildman–Crippen MR) is 87.5 cm³/mol. The zero-order valence-corrected chi connectivity index (χ0v) is 13.4. The number of allylic oxidation sites excluding steroid dienone is 2. The molecule has 1 aromatic carbocycles. The summed E-state index contributed by atoms with van der Waals surface area (Å²) in [4.78, 5) is 25.1. The largest absolute Gasteiger partial charge is 0.294 e. The van der Waals surface area contributed by atoms with Crippen molar-refractivity contribution in [3.05, 3.63) is 48.6 Å². The normalized spacial score (nSPS) is 10.1. The summed E-state index contributed by atoms with van der Waals surface area (Å²) in [7, 11) is 0. The Labute approximate surface area is 128 Å². The van der Waals surface area contributed by atoms with Gasteiger partial charge in [-0.3, -0.25) is 9.59 Å². The SMILES string of the molecule is C=C(C)C(=O)CSc1cccc(SCC(=O)C(=C)C)c1. The molecule has 0 aromatic heterocycles. The lowest BCUT2D eigenvalue weighted by Gasteiger charge is -2.05. The van der Waals surface area contributed by atoms with Gasteiger partial charge in [0.1, 0.15) is 0 Å². The van der Waals surface area contributed by atoms with E-state index >= 15 is 0 Å². The molecule has 0 bridgehead atoms. The van der Waals surface area contributed by atoms with E-state index in [9.17, 15) is 9.59 Å². The quantitative estimate of drug-likeness (QED) is 0.533. The molecule has 106 valence electrons. The van der Waals surface area contributed by atoms with Gasteiger partial charge in [0.25, 0.3) is 0 Å². The van der Waals surface area contributed by atoms with Crippen LogP contribution in [0.25, 0.3) is 0 Å². The number of carbonyl (C=O) groups excluding carboxylic acids is 2. The molecule has 0 amide bonds. The van der Waals surface area contributed by atoms with Gasteiger partial charge in [-0.15, -0.1) is 23.5 Å². The monoisotopic (exact) mass is 306 g/mol. The van der Waals surface area contributed by atoms with E-state index in [0.717, 1.165) is 9.79 Å². The lowest BCUT2D eigenvalue weighted by Crippen LogP contribution is -2.02. The maximum absolute atomic E-state index is 11.5. The third-order valence-corrected chi connectivity index (χ3v) is 4.48. The van der Waals surface area contributed by atoms with Crippen LogP contribution in [0.3, 0.4) is 0 Å². The van der Waals surface area contributed by atoms with E-state index in [-0.39, 0.29) is 11.6 Å². The highest BCUT2D eigenvalue weighted by atomic mass is 32.2. The molecule has 20 heavy (non-hydrogen) atoms. The van der Waals surface area contributed by atoms with E-state index in [4.69, 9.17) is 0 Å². The molecule has 0 aliphatic rings. The summed E-state index contributed by atoms with van der Waals surface area (Å²) in [6.07, 6.45) is 0. The van der Waals surface area contributed by atoms with Gasteiger partial charge in [0.2, 0.25) is 0 Å². The molecule has 4 heteroatoms. The fraction of sp³-hybridized carbons (Fsp3) is 0.250. The Morgan fingerprint density at radius 3 is 1.70 bits per heavy atom.